The molecular weight excluding hydrogens is 384 g/mol. The molecule has 1 aromatic carbocycles. The van der Waals surface area contributed by atoms with Gasteiger partial charge in [0.2, 0.25) is 10.0 Å². The molecule has 2 heterocycles. The normalized spacial score (nSPS) is 16.1. The maximum absolute atomic E-state index is 12.7. The molecule has 1 aliphatic rings. The average Bonchev–Trinajstić information content (AvgIpc) is 3.06. The summed E-state index contributed by atoms with van der Waals surface area (Å²) in [4.78, 5) is 21.5. The van der Waals surface area contributed by atoms with Gasteiger partial charge in [0.25, 0.3) is 5.91 Å². The number of benzene rings is 1. The minimum atomic E-state index is -3.48. The van der Waals surface area contributed by atoms with Gasteiger partial charge in [-0.25, -0.2) is 17.7 Å². The lowest BCUT2D eigenvalue weighted by Gasteiger charge is -2.34. The first-order valence-electron chi connectivity index (χ1n) is 8.72. The summed E-state index contributed by atoms with van der Waals surface area (Å²) in [5, 5.41) is 3.15. The van der Waals surface area contributed by atoms with Crippen molar-refractivity contribution in [3.05, 3.63) is 45.9 Å². The van der Waals surface area contributed by atoms with Gasteiger partial charge in [-0.15, -0.1) is 11.3 Å². The van der Waals surface area contributed by atoms with Gasteiger partial charge < -0.3 is 4.90 Å². The number of amides is 1. The number of sulfonamides is 1. The first-order valence-corrected chi connectivity index (χ1v) is 11.0. The second kappa shape index (κ2) is 8.05. The van der Waals surface area contributed by atoms with Crippen molar-refractivity contribution in [2.24, 2.45) is 0 Å². The number of aryl methyl sites for hydroxylation is 1. The molecular formula is C18H24N4O3S2. The van der Waals surface area contributed by atoms with E-state index in [9.17, 15) is 13.2 Å². The Balaban J connectivity index is 1.59. The van der Waals surface area contributed by atoms with Crippen LogP contribution < -0.4 is 0 Å². The summed E-state index contributed by atoms with van der Waals surface area (Å²) in [6.45, 7) is 5.72. The summed E-state index contributed by atoms with van der Waals surface area (Å²) in [6.07, 6.45) is 0. The fourth-order valence-corrected chi connectivity index (χ4v) is 4.65. The van der Waals surface area contributed by atoms with E-state index in [2.05, 4.69) is 15.3 Å². The monoisotopic (exact) mass is 408 g/mol. The smallest absolute Gasteiger partial charge is 0.253 e. The van der Waals surface area contributed by atoms with E-state index in [4.69, 9.17) is 0 Å². The molecule has 1 aliphatic heterocycles. The van der Waals surface area contributed by atoms with Crippen LogP contribution in [0.5, 0.6) is 0 Å². The lowest BCUT2D eigenvalue weighted by atomic mass is 10.2. The molecule has 0 spiro atoms. The Morgan fingerprint density at radius 2 is 1.78 bits per heavy atom. The third-order valence-electron chi connectivity index (χ3n) is 4.56. The number of carbonyl (C=O) groups is 1. The average molecular weight is 409 g/mol. The minimum absolute atomic E-state index is 0.0615. The lowest BCUT2D eigenvalue weighted by molar-refractivity contribution is 0.0628. The van der Waals surface area contributed by atoms with Crippen molar-refractivity contribution in [2.75, 3.05) is 40.3 Å². The molecule has 1 aromatic heterocycles. The highest BCUT2D eigenvalue weighted by molar-refractivity contribution is 7.89. The van der Waals surface area contributed by atoms with Crippen LogP contribution in [0.1, 0.15) is 21.1 Å². The molecule has 0 saturated carbocycles. The van der Waals surface area contributed by atoms with Crippen LogP contribution >= 0.6 is 11.3 Å². The van der Waals surface area contributed by atoms with Gasteiger partial charge in [-0.05, 0) is 31.2 Å². The van der Waals surface area contributed by atoms with Gasteiger partial charge in [-0.1, -0.05) is 0 Å². The molecule has 0 N–H and O–H groups in total. The minimum Gasteiger partial charge on any atom is -0.336 e. The molecule has 1 fully saturated rings. The maximum atomic E-state index is 12.7. The number of hydrogen-bond acceptors (Lipinski definition) is 6. The maximum Gasteiger partial charge on any atom is 0.253 e. The zero-order chi connectivity index (χ0) is 19.6. The van der Waals surface area contributed by atoms with Crippen molar-refractivity contribution in [1.29, 1.82) is 0 Å². The molecule has 9 heteroatoms. The highest BCUT2D eigenvalue weighted by Crippen LogP contribution is 2.17. The molecule has 0 unspecified atom stereocenters. The third kappa shape index (κ3) is 4.55. The van der Waals surface area contributed by atoms with Crippen molar-refractivity contribution < 1.29 is 13.2 Å². The molecule has 1 amide bonds. The van der Waals surface area contributed by atoms with Crippen molar-refractivity contribution >= 4 is 27.3 Å². The number of carbonyl (C=O) groups excluding carboxylic acids is 1. The zero-order valence-electron chi connectivity index (χ0n) is 15.8. The zero-order valence-corrected chi connectivity index (χ0v) is 17.4. The summed E-state index contributed by atoms with van der Waals surface area (Å²) in [5.41, 5.74) is 1.56. The number of nitrogens with zero attached hydrogens (tertiary/aromatic N) is 4. The Morgan fingerprint density at radius 1 is 1.15 bits per heavy atom. The van der Waals surface area contributed by atoms with E-state index in [-0.39, 0.29) is 10.8 Å². The third-order valence-corrected chi connectivity index (χ3v) is 7.35. The number of thiazole rings is 1. The Morgan fingerprint density at radius 3 is 2.30 bits per heavy atom. The van der Waals surface area contributed by atoms with E-state index in [1.165, 1.54) is 26.2 Å². The highest BCUT2D eigenvalue weighted by Gasteiger charge is 2.23. The van der Waals surface area contributed by atoms with Gasteiger partial charge in [0.1, 0.15) is 5.01 Å². The molecule has 2 aromatic rings. The number of hydrogen-bond donors (Lipinski definition) is 0. The van der Waals surface area contributed by atoms with Crippen LogP contribution in [0.25, 0.3) is 0 Å². The van der Waals surface area contributed by atoms with Crippen LogP contribution in [0.3, 0.4) is 0 Å². The van der Waals surface area contributed by atoms with Crippen molar-refractivity contribution in [3.63, 3.8) is 0 Å². The topological polar surface area (TPSA) is 73.8 Å². The summed E-state index contributed by atoms with van der Waals surface area (Å²) in [7, 11) is -0.509. The van der Waals surface area contributed by atoms with E-state index >= 15 is 0 Å². The van der Waals surface area contributed by atoms with Gasteiger partial charge >= 0.3 is 0 Å². The van der Waals surface area contributed by atoms with E-state index in [1.807, 2.05) is 11.8 Å². The summed E-state index contributed by atoms with van der Waals surface area (Å²) >= 11 is 1.67. The van der Waals surface area contributed by atoms with Crippen LogP contribution in [0.2, 0.25) is 0 Å². The van der Waals surface area contributed by atoms with Crippen LogP contribution in [-0.4, -0.2) is 73.7 Å². The predicted octanol–water partition coefficient (Wildman–Crippen LogP) is 1.66. The van der Waals surface area contributed by atoms with E-state index in [0.717, 1.165) is 34.6 Å². The quantitative estimate of drug-likeness (QED) is 0.752. The molecule has 7 nitrogen and oxygen atoms in total. The molecule has 0 atom stereocenters. The Hall–Kier alpha value is -1.81. The van der Waals surface area contributed by atoms with Gasteiger partial charge in [-0.3, -0.25) is 9.69 Å². The fraction of sp³-hybridized carbons (Fsp3) is 0.444. The fourth-order valence-electron chi connectivity index (χ4n) is 2.94. The molecule has 0 aliphatic carbocycles. The van der Waals surface area contributed by atoms with Crippen LogP contribution in [0.15, 0.2) is 34.5 Å². The van der Waals surface area contributed by atoms with Gasteiger partial charge in [0.05, 0.1) is 11.4 Å². The summed E-state index contributed by atoms with van der Waals surface area (Å²) < 4.78 is 25.4. The van der Waals surface area contributed by atoms with Crippen molar-refractivity contribution in [2.45, 2.75) is 18.4 Å². The van der Waals surface area contributed by atoms with Gasteiger partial charge in [0, 0.05) is 56.9 Å². The van der Waals surface area contributed by atoms with Crippen LogP contribution in [0, 0.1) is 6.92 Å². The number of rotatable bonds is 5. The Labute approximate surface area is 164 Å². The molecule has 1 saturated heterocycles. The molecule has 0 bridgehead atoms. The number of piperazine rings is 1. The van der Waals surface area contributed by atoms with Crippen molar-refractivity contribution in [1.82, 2.24) is 19.1 Å². The van der Waals surface area contributed by atoms with E-state index < -0.39 is 10.0 Å². The Kier molecular flexibility index (Phi) is 5.95. The molecule has 0 radical (unpaired) electrons. The first kappa shape index (κ1) is 19.9. The van der Waals surface area contributed by atoms with Gasteiger partial charge in [0.15, 0.2) is 0 Å². The molecule has 27 heavy (non-hydrogen) atoms. The molecule has 3 rings (SSSR count). The van der Waals surface area contributed by atoms with E-state index in [0.29, 0.717) is 18.7 Å². The largest absolute Gasteiger partial charge is 0.336 e. The SMILES string of the molecule is Cc1csc(CN2CCN(C(=O)c3ccc(S(=O)(=O)N(C)C)cc3)CC2)n1. The second-order valence-corrected chi connectivity index (χ2v) is 9.86. The predicted molar refractivity (Wildman–Crippen MR) is 105 cm³/mol. The highest BCUT2D eigenvalue weighted by atomic mass is 32.2. The summed E-state index contributed by atoms with van der Waals surface area (Å²) in [6, 6.07) is 6.15. The molecule has 146 valence electrons. The van der Waals surface area contributed by atoms with Crippen LogP contribution in [0.4, 0.5) is 0 Å². The second-order valence-electron chi connectivity index (χ2n) is 6.76. The first-order chi connectivity index (χ1) is 12.8. The lowest BCUT2D eigenvalue weighted by Crippen LogP contribution is -2.48. The number of aromatic nitrogens is 1. The standard InChI is InChI=1S/C18H24N4O3S2/c1-14-13-26-17(19-14)12-21-8-10-22(11-9-21)18(23)15-4-6-16(7-5-15)27(24,25)20(2)3/h4-7,13H,8-12H2,1-3H3. The van der Waals surface area contributed by atoms with Crippen LogP contribution in [-0.2, 0) is 16.6 Å². The van der Waals surface area contributed by atoms with Crippen molar-refractivity contribution in [3.8, 4) is 0 Å². The summed E-state index contributed by atoms with van der Waals surface area (Å²) in [5.74, 6) is -0.0615. The van der Waals surface area contributed by atoms with E-state index in [1.54, 1.807) is 23.5 Å². The van der Waals surface area contributed by atoms with Gasteiger partial charge in [-0.2, -0.15) is 0 Å². The Bertz CT molecular complexity index is 899.